The summed E-state index contributed by atoms with van der Waals surface area (Å²) in [5, 5.41) is 2.79. The summed E-state index contributed by atoms with van der Waals surface area (Å²) in [7, 11) is 0. The number of carbonyl (C=O) groups excluding carboxylic acids is 2. The Bertz CT molecular complexity index is 785. The van der Waals surface area contributed by atoms with E-state index < -0.39 is 12.1 Å². The van der Waals surface area contributed by atoms with E-state index in [1.807, 2.05) is 39.0 Å². The summed E-state index contributed by atoms with van der Waals surface area (Å²) in [6, 6.07) is 12.6. The minimum absolute atomic E-state index is 0.272. The van der Waals surface area contributed by atoms with Gasteiger partial charge in [0, 0.05) is 0 Å². The maximum Gasteiger partial charge on any atom is 0.340 e. The number of anilines is 1. The number of para-hydroxylation sites is 1. The molecule has 1 N–H and O–H groups in total. The van der Waals surface area contributed by atoms with Gasteiger partial charge in [0.2, 0.25) is 0 Å². The zero-order valence-corrected chi connectivity index (χ0v) is 15.7. The quantitative estimate of drug-likeness (QED) is 0.753. The molecule has 0 heterocycles. The highest BCUT2D eigenvalue weighted by atomic mass is 16.5. The normalized spacial score (nSPS) is 11.5. The fourth-order valence-corrected chi connectivity index (χ4v) is 2.60. The van der Waals surface area contributed by atoms with E-state index in [-0.39, 0.29) is 12.5 Å². The molecule has 1 amide bonds. The Morgan fingerprint density at radius 3 is 2.46 bits per heavy atom. The number of nitrogens with one attached hydrogen (secondary N) is 1. The number of ether oxygens (including phenoxy) is 2. The maximum atomic E-state index is 12.7. The van der Waals surface area contributed by atoms with E-state index in [0.29, 0.717) is 23.4 Å². The second-order valence-electron chi connectivity index (χ2n) is 6.04. The predicted molar refractivity (Wildman–Crippen MR) is 102 cm³/mol. The molecular weight excluding hydrogens is 330 g/mol. The Balaban J connectivity index is 2.16. The van der Waals surface area contributed by atoms with Gasteiger partial charge in [-0.05, 0) is 51.0 Å². The molecule has 5 heteroatoms. The van der Waals surface area contributed by atoms with Gasteiger partial charge in [-0.15, -0.1) is 0 Å². The number of hydrogen-bond acceptors (Lipinski definition) is 4. The lowest BCUT2D eigenvalue weighted by Gasteiger charge is -2.19. The lowest BCUT2D eigenvalue weighted by molar-refractivity contribution is -0.122. The van der Waals surface area contributed by atoms with Crippen LogP contribution in [0.3, 0.4) is 0 Å². The highest BCUT2D eigenvalue weighted by Crippen LogP contribution is 2.22. The minimum atomic E-state index is -0.661. The van der Waals surface area contributed by atoms with Crippen molar-refractivity contribution in [2.75, 3.05) is 11.9 Å². The molecule has 1 atom stereocenters. The first-order valence-electron chi connectivity index (χ1n) is 8.77. The minimum Gasteiger partial charge on any atom is -0.480 e. The predicted octanol–water partition coefficient (Wildman–Crippen LogP) is 4.28. The van der Waals surface area contributed by atoms with E-state index >= 15 is 0 Å². The average Bonchev–Trinajstić information content (AvgIpc) is 2.61. The number of hydrogen-bond donors (Lipinski definition) is 1. The van der Waals surface area contributed by atoms with Crippen LogP contribution in [0.2, 0.25) is 0 Å². The van der Waals surface area contributed by atoms with Gasteiger partial charge in [-0.2, -0.15) is 0 Å². The van der Waals surface area contributed by atoms with Gasteiger partial charge >= 0.3 is 5.97 Å². The fourth-order valence-electron chi connectivity index (χ4n) is 2.60. The van der Waals surface area contributed by atoms with Gasteiger partial charge in [0.25, 0.3) is 5.91 Å². The molecule has 2 aromatic rings. The molecule has 0 bridgehead atoms. The molecule has 0 aliphatic heterocycles. The van der Waals surface area contributed by atoms with Gasteiger partial charge in [0.1, 0.15) is 5.75 Å². The van der Waals surface area contributed by atoms with Gasteiger partial charge in [0.15, 0.2) is 6.10 Å². The Labute approximate surface area is 154 Å². The largest absolute Gasteiger partial charge is 0.480 e. The van der Waals surface area contributed by atoms with Crippen LogP contribution in [0.1, 0.15) is 41.8 Å². The van der Waals surface area contributed by atoms with Crippen molar-refractivity contribution in [3.63, 3.8) is 0 Å². The lowest BCUT2D eigenvalue weighted by atomic mass is 10.1. The SMILES string of the molecule is CCOC(=O)c1ccccc1NC(=O)[C@@H](CC)Oc1ccc(C)cc1C. The summed E-state index contributed by atoms with van der Waals surface area (Å²) in [4.78, 5) is 24.7. The third kappa shape index (κ3) is 4.85. The molecule has 0 aliphatic carbocycles. The van der Waals surface area contributed by atoms with Gasteiger partial charge < -0.3 is 14.8 Å². The van der Waals surface area contributed by atoms with E-state index in [2.05, 4.69) is 5.32 Å². The van der Waals surface area contributed by atoms with Gasteiger partial charge in [-0.25, -0.2) is 4.79 Å². The van der Waals surface area contributed by atoms with Crippen molar-refractivity contribution in [1.82, 2.24) is 0 Å². The van der Waals surface area contributed by atoms with Gasteiger partial charge in [-0.1, -0.05) is 36.8 Å². The second-order valence-corrected chi connectivity index (χ2v) is 6.04. The first-order chi connectivity index (χ1) is 12.5. The van der Waals surface area contributed by atoms with E-state index in [1.54, 1.807) is 31.2 Å². The van der Waals surface area contributed by atoms with Crippen LogP contribution in [0.15, 0.2) is 42.5 Å². The van der Waals surface area contributed by atoms with Crippen molar-refractivity contribution >= 4 is 17.6 Å². The second kappa shape index (κ2) is 9.04. The van der Waals surface area contributed by atoms with E-state index in [4.69, 9.17) is 9.47 Å². The van der Waals surface area contributed by atoms with E-state index in [1.165, 1.54) is 0 Å². The van der Waals surface area contributed by atoms with Crippen molar-refractivity contribution in [1.29, 1.82) is 0 Å². The Kier molecular flexibility index (Phi) is 6.78. The molecule has 138 valence electrons. The summed E-state index contributed by atoms with van der Waals surface area (Å²) < 4.78 is 10.9. The summed E-state index contributed by atoms with van der Waals surface area (Å²) in [5.74, 6) is -0.0905. The zero-order valence-electron chi connectivity index (χ0n) is 15.7. The molecule has 0 aliphatic rings. The van der Waals surface area contributed by atoms with E-state index in [0.717, 1.165) is 11.1 Å². The highest BCUT2D eigenvalue weighted by Gasteiger charge is 2.22. The maximum absolute atomic E-state index is 12.7. The molecule has 2 aromatic carbocycles. The number of rotatable bonds is 7. The molecule has 0 aromatic heterocycles. The third-order valence-corrected chi connectivity index (χ3v) is 3.94. The number of esters is 1. The Morgan fingerprint density at radius 2 is 1.81 bits per heavy atom. The van der Waals surface area contributed by atoms with E-state index in [9.17, 15) is 9.59 Å². The summed E-state index contributed by atoms with van der Waals surface area (Å²) >= 11 is 0. The van der Waals surface area contributed by atoms with Crippen LogP contribution < -0.4 is 10.1 Å². The molecular formula is C21H25NO4. The van der Waals surface area contributed by atoms with Crippen LogP contribution in [0, 0.1) is 13.8 Å². The van der Waals surface area contributed by atoms with Gasteiger partial charge in [0.05, 0.1) is 17.9 Å². The van der Waals surface area contributed by atoms with Crippen molar-refractivity contribution in [2.45, 2.75) is 40.2 Å². The lowest BCUT2D eigenvalue weighted by Crippen LogP contribution is -2.33. The molecule has 2 rings (SSSR count). The molecule has 0 saturated carbocycles. The Morgan fingerprint density at radius 1 is 1.08 bits per heavy atom. The highest BCUT2D eigenvalue weighted by molar-refractivity contribution is 6.02. The molecule has 26 heavy (non-hydrogen) atoms. The van der Waals surface area contributed by atoms with Crippen LogP contribution in [-0.4, -0.2) is 24.6 Å². The smallest absolute Gasteiger partial charge is 0.340 e. The third-order valence-electron chi connectivity index (χ3n) is 3.94. The topological polar surface area (TPSA) is 64.6 Å². The number of benzene rings is 2. The number of carbonyl (C=O) groups is 2. The number of aryl methyl sites for hydroxylation is 2. The van der Waals surface area contributed by atoms with Crippen LogP contribution in [-0.2, 0) is 9.53 Å². The zero-order chi connectivity index (χ0) is 19.1. The van der Waals surface area contributed by atoms with Crippen LogP contribution in [0.25, 0.3) is 0 Å². The average molecular weight is 355 g/mol. The monoisotopic (exact) mass is 355 g/mol. The molecule has 0 unspecified atom stereocenters. The molecule has 0 fully saturated rings. The van der Waals surface area contributed by atoms with Crippen LogP contribution in [0.5, 0.6) is 5.75 Å². The first kappa shape index (κ1) is 19.5. The van der Waals surface area contributed by atoms with Crippen molar-refractivity contribution in [3.05, 3.63) is 59.2 Å². The van der Waals surface area contributed by atoms with Crippen molar-refractivity contribution in [3.8, 4) is 5.75 Å². The first-order valence-corrected chi connectivity index (χ1v) is 8.77. The number of amides is 1. The standard InChI is InChI=1S/C21H25NO4/c1-5-18(26-19-12-11-14(3)13-15(19)4)20(23)22-17-10-8-7-9-16(17)21(24)25-6-2/h7-13,18H,5-6H2,1-4H3,(H,22,23)/t18-/m1/s1. The Hall–Kier alpha value is -2.82. The summed E-state index contributed by atoms with van der Waals surface area (Å²) in [5.41, 5.74) is 2.85. The molecule has 0 spiro atoms. The molecule has 0 saturated heterocycles. The summed E-state index contributed by atoms with van der Waals surface area (Å²) in [6.07, 6.45) is -0.160. The van der Waals surface area contributed by atoms with Gasteiger partial charge in [-0.3, -0.25) is 4.79 Å². The van der Waals surface area contributed by atoms with Crippen LogP contribution in [0.4, 0.5) is 5.69 Å². The molecule has 5 nitrogen and oxygen atoms in total. The van der Waals surface area contributed by atoms with Crippen molar-refractivity contribution in [2.24, 2.45) is 0 Å². The molecule has 0 radical (unpaired) electrons. The van der Waals surface area contributed by atoms with Crippen molar-refractivity contribution < 1.29 is 19.1 Å². The van der Waals surface area contributed by atoms with Crippen LogP contribution >= 0.6 is 0 Å². The summed E-state index contributed by atoms with van der Waals surface area (Å²) in [6.45, 7) is 7.85. The fraction of sp³-hybridized carbons (Fsp3) is 0.333.